The highest BCUT2D eigenvalue weighted by atomic mass is 16.1. The molecule has 0 saturated carbocycles. The maximum absolute atomic E-state index is 11.7. The summed E-state index contributed by atoms with van der Waals surface area (Å²) < 4.78 is 0. The van der Waals surface area contributed by atoms with Gasteiger partial charge in [-0.1, -0.05) is 27.7 Å². The average Bonchev–Trinajstić information content (AvgIpc) is 2.63. The van der Waals surface area contributed by atoms with Crippen molar-refractivity contribution in [2.75, 3.05) is 0 Å². The molecule has 2 N–H and O–H groups in total. The summed E-state index contributed by atoms with van der Waals surface area (Å²) in [5.74, 6) is 0.573. The Morgan fingerprint density at radius 2 is 2.18 bits per heavy atom. The number of H-pyrrole nitrogens is 1. The molecule has 1 rings (SSSR count). The van der Waals surface area contributed by atoms with E-state index in [9.17, 15) is 4.79 Å². The first-order chi connectivity index (χ1) is 7.87. The number of aromatic amines is 1. The molecule has 0 bridgehead atoms. The van der Waals surface area contributed by atoms with E-state index in [4.69, 9.17) is 0 Å². The monoisotopic (exact) mass is 236 g/mol. The molecular formula is C14H24N2O. The van der Waals surface area contributed by atoms with Crippen LogP contribution in [0.1, 0.15) is 46.1 Å². The number of amides is 1. The fraction of sp³-hybridized carbons (Fsp3) is 0.643. The summed E-state index contributed by atoms with van der Waals surface area (Å²) in [4.78, 5) is 14.7. The topological polar surface area (TPSA) is 44.9 Å². The van der Waals surface area contributed by atoms with Crippen LogP contribution in [0.4, 0.5) is 0 Å². The summed E-state index contributed by atoms with van der Waals surface area (Å²) in [6.07, 6.45) is 5.45. The van der Waals surface area contributed by atoms with Gasteiger partial charge in [0.15, 0.2) is 0 Å². The quantitative estimate of drug-likeness (QED) is 0.810. The summed E-state index contributed by atoms with van der Waals surface area (Å²) >= 11 is 0. The summed E-state index contributed by atoms with van der Waals surface area (Å²) in [6.45, 7) is 9.38. The molecule has 0 radical (unpaired) electrons. The molecule has 3 heteroatoms. The lowest BCUT2D eigenvalue weighted by atomic mass is 9.84. The maximum atomic E-state index is 11.7. The average molecular weight is 236 g/mol. The molecule has 96 valence electrons. The van der Waals surface area contributed by atoms with Crippen molar-refractivity contribution in [1.29, 1.82) is 0 Å². The first-order valence-corrected chi connectivity index (χ1v) is 6.25. The minimum atomic E-state index is 0.142. The lowest BCUT2D eigenvalue weighted by Gasteiger charge is -2.22. The molecule has 1 heterocycles. The molecule has 0 aliphatic heterocycles. The van der Waals surface area contributed by atoms with Crippen LogP contribution in [0, 0.1) is 11.3 Å². The predicted molar refractivity (Wildman–Crippen MR) is 70.5 cm³/mol. The molecule has 0 aliphatic carbocycles. The predicted octanol–water partition coefficient (Wildman–Crippen LogP) is 3.09. The number of hydrogen-bond acceptors (Lipinski definition) is 1. The molecule has 1 atom stereocenters. The first-order valence-electron chi connectivity index (χ1n) is 6.25. The summed E-state index contributed by atoms with van der Waals surface area (Å²) in [7, 11) is 0. The van der Waals surface area contributed by atoms with Crippen LogP contribution in [-0.2, 0) is 11.3 Å². The van der Waals surface area contributed by atoms with Gasteiger partial charge >= 0.3 is 0 Å². The van der Waals surface area contributed by atoms with E-state index in [0.29, 0.717) is 24.3 Å². The van der Waals surface area contributed by atoms with Crippen molar-refractivity contribution >= 4 is 5.91 Å². The van der Waals surface area contributed by atoms with Gasteiger partial charge in [-0.25, -0.2) is 0 Å². The van der Waals surface area contributed by atoms with Crippen LogP contribution in [0.3, 0.4) is 0 Å². The molecule has 0 spiro atoms. The second kappa shape index (κ2) is 5.89. The van der Waals surface area contributed by atoms with Crippen LogP contribution in [0.15, 0.2) is 18.5 Å². The van der Waals surface area contributed by atoms with Crippen LogP contribution in [-0.4, -0.2) is 10.9 Å². The molecule has 3 nitrogen and oxygen atoms in total. The maximum Gasteiger partial charge on any atom is 0.220 e. The fourth-order valence-electron chi connectivity index (χ4n) is 2.18. The first kappa shape index (κ1) is 13.8. The highest BCUT2D eigenvalue weighted by Gasteiger charge is 2.17. The number of rotatable bonds is 5. The van der Waals surface area contributed by atoms with Gasteiger partial charge in [0.2, 0.25) is 5.91 Å². The SMILES string of the molecule is CC(CC(=O)NCc1cc[nH]c1)CC(C)(C)C. The van der Waals surface area contributed by atoms with E-state index in [2.05, 4.69) is 38.0 Å². The third-order valence-electron chi connectivity index (χ3n) is 2.65. The van der Waals surface area contributed by atoms with E-state index in [1.54, 1.807) is 0 Å². The van der Waals surface area contributed by atoms with E-state index >= 15 is 0 Å². The van der Waals surface area contributed by atoms with Crippen molar-refractivity contribution in [3.8, 4) is 0 Å². The summed E-state index contributed by atoms with van der Waals surface area (Å²) in [6, 6.07) is 1.97. The second-order valence-corrected chi connectivity index (χ2v) is 6.07. The Bertz CT molecular complexity index is 336. The smallest absolute Gasteiger partial charge is 0.220 e. The van der Waals surface area contributed by atoms with Gasteiger partial charge < -0.3 is 10.3 Å². The van der Waals surface area contributed by atoms with Gasteiger partial charge in [0.1, 0.15) is 0 Å². The third kappa shape index (κ3) is 6.15. The Hall–Kier alpha value is -1.25. The van der Waals surface area contributed by atoms with E-state index in [1.807, 2.05) is 18.5 Å². The number of carbonyl (C=O) groups excluding carboxylic acids is 1. The lowest BCUT2D eigenvalue weighted by molar-refractivity contribution is -0.122. The molecule has 0 fully saturated rings. The van der Waals surface area contributed by atoms with Crippen molar-refractivity contribution in [1.82, 2.24) is 10.3 Å². The summed E-state index contributed by atoms with van der Waals surface area (Å²) in [5.41, 5.74) is 1.40. The largest absolute Gasteiger partial charge is 0.367 e. The lowest BCUT2D eigenvalue weighted by Crippen LogP contribution is -2.25. The van der Waals surface area contributed by atoms with Crippen molar-refractivity contribution < 1.29 is 4.79 Å². The zero-order valence-corrected chi connectivity index (χ0v) is 11.3. The van der Waals surface area contributed by atoms with E-state index < -0.39 is 0 Å². The number of carbonyl (C=O) groups is 1. The molecule has 1 amide bonds. The van der Waals surface area contributed by atoms with Crippen molar-refractivity contribution in [2.24, 2.45) is 11.3 Å². The van der Waals surface area contributed by atoms with Crippen LogP contribution in [0.25, 0.3) is 0 Å². The zero-order valence-electron chi connectivity index (χ0n) is 11.3. The van der Waals surface area contributed by atoms with Gasteiger partial charge in [0.05, 0.1) is 0 Å². The Morgan fingerprint density at radius 1 is 1.47 bits per heavy atom. The molecule has 0 saturated heterocycles. The molecule has 17 heavy (non-hydrogen) atoms. The Labute approximate surface area is 104 Å². The molecule has 0 aromatic carbocycles. The van der Waals surface area contributed by atoms with Gasteiger partial charge in [-0.05, 0) is 29.4 Å². The Kier molecular flexibility index (Phi) is 4.79. The van der Waals surface area contributed by atoms with Gasteiger partial charge in [0, 0.05) is 25.4 Å². The highest BCUT2D eigenvalue weighted by molar-refractivity contribution is 5.76. The van der Waals surface area contributed by atoms with Crippen LogP contribution >= 0.6 is 0 Å². The van der Waals surface area contributed by atoms with Gasteiger partial charge in [-0.15, -0.1) is 0 Å². The number of nitrogens with one attached hydrogen (secondary N) is 2. The van der Waals surface area contributed by atoms with E-state index in [1.165, 1.54) is 0 Å². The van der Waals surface area contributed by atoms with Gasteiger partial charge in [-0.2, -0.15) is 0 Å². The molecular weight excluding hydrogens is 212 g/mol. The van der Waals surface area contributed by atoms with Crippen LogP contribution in [0.5, 0.6) is 0 Å². The highest BCUT2D eigenvalue weighted by Crippen LogP contribution is 2.25. The Morgan fingerprint density at radius 3 is 2.71 bits per heavy atom. The standard InChI is InChI=1S/C14H24N2O/c1-11(8-14(2,3)4)7-13(17)16-10-12-5-6-15-9-12/h5-6,9,11,15H,7-8,10H2,1-4H3,(H,16,17). The minimum absolute atomic E-state index is 0.142. The second-order valence-electron chi connectivity index (χ2n) is 6.07. The molecule has 1 aromatic rings. The van der Waals surface area contributed by atoms with Crippen molar-refractivity contribution in [2.45, 2.75) is 47.1 Å². The van der Waals surface area contributed by atoms with Gasteiger partial charge in [0.25, 0.3) is 0 Å². The molecule has 0 aliphatic rings. The fourth-order valence-corrected chi connectivity index (χ4v) is 2.18. The number of aromatic nitrogens is 1. The summed E-state index contributed by atoms with van der Waals surface area (Å²) in [5, 5.41) is 2.94. The van der Waals surface area contributed by atoms with Crippen LogP contribution in [0.2, 0.25) is 0 Å². The van der Waals surface area contributed by atoms with E-state index in [0.717, 1.165) is 12.0 Å². The number of hydrogen-bond donors (Lipinski definition) is 2. The third-order valence-corrected chi connectivity index (χ3v) is 2.65. The Balaban J connectivity index is 2.25. The van der Waals surface area contributed by atoms with Crippen LogP contribution < -0.4 is 5.32 Å². The van der Waals surface area contributed by atoms with Crippen molar-refractivity contribution in [3.63, 3.8) is 0 Å². The van der Waals surface area contributed by atoms with E-state index in [-0.39, 0.29) is 5.91 Å². The normalized spacial score (nSPS) is 13.4. The zero-order chi connectivity index (χ0) is 12.9. The van der Waals surface area contributed by atoms with Gasteiger partial charge in [-0.3, -0.25) is 4.79 Å². The van der Waals surface area contributed by atoms with Crippen molar-refractivity contribution in [3.05, 3.63) is 24.0 Å². The molecule has 1 unspecified atom stereocenters. The minimum Gasteiger partial charge on any atom is -0.367 e. The molecule has 1 aromatic heterocycles.